The summed E-state index contributed by atoms with van der Waals surface area (Å²) in [5, 5.41) is 5.96. The van der Waals surface area contributed by atoms with Gasteiger partial charge in [0.15, 0.2) is 0 Å². The molecule has 132 valence electrons. The molecule has 0 spiro atoms. The van der Waals surface area contributed by atoms with Crippen molar-refractivity contribution < 1.29 is 9.53 Å². The van der Waals surface area contributed by atoms with Crippen LogP contribution >= 0.6 is 0 Å². The average Bonchev–Trinajstić information content (AvgIpc) is 2.68. The van der Waals surface area contributed by atoms with Crippen LogP contribution in [0, 0.1) is 0 Å². The van der Waals surface area contributed by atoms with Gasteiger partial charge in [-0.05, 0) is 12.0 Å². The summed E-state index contributed by atoms with van der Waals surface area (Å²) in [5.74, 6) is 1.45. The van der Waals surface area contributed by atoms with Crippen molar-refractivity contribution in [3.63, 3.8) is 0 Å². The Kier molecular flexibility index (Phi) is 6.17. The normalized spacial score (nSPS) is 14.2. The second kappa shape index (κ2) is 8.98. The molecule has 1 aliphatic rings. The van der Waals surface area contributed by atoms with Crippen molar-refractivity contribution in [3.05, 3.63) is 48.3 Å². The summed E-state index contributed by atoms with van der Waals surface area (Å²) in [7, 11) is 0. The molecule has 1 fully saturated rings. The number of amides is 1. The number of carbonyl (C=O) groups excluding carboxylic acids is 1. The van der Waals surface area contributed by atoms with E-state index in [1.807, 2.05) is 24.3 Å². The lowest BCUT2D eigenvalue weighted by Crippen LogP contribution is -2.36. The van der Waals surface area contributed by atoms with Crippen LogP contribution < -0.4 is 15.5 Å². The minimum Gasteiger partial charge on any atom is -0.378 e. The molecule has 2 aromatic rings. The van der Waals surface area contributed by atoms with E-state index < -0.39 is 0 Å². The summed E-state index contributed by atoms with van der Waals surface area (Å²) >= 11 is 0. The largest absolute Gasteiger partial charge is 0.378 e. The van der Waals surface area contributed by atoms with E-state index in [0.717, 1.165) is 25.3 Å². The Bertz CT molecular complexity index is 674. The number of hydrogen-bond acceptors (Lipinski definition) is 6. The average molecular weight is 341 g/mol. The number of rotatable bonds is 7. The number of hydrogen-bond donors (Lipinski definition) is 2. The van der Waals surface area contributed by atoms with Gasteiger partial charge in [-0.2, -0.15) is 0 Å². The molecular formula is C18H23N5O2. The first-order valence-electron chi connectivity index (χ1n) is 8.50. The molecule has 0 radical (unpaired) electrons. The zero-order valence-corrected chi connectivity index (χ0v) is 14.1. The molecule has 0 aliphatic carbocycles. The van der Waals surface area contributed by atoms with Crippen LogP contribution in [-0.2, 0) is 16.0 Å². The van der Waals surface area contributed by atoms with E-state index in [2.05, 4.69) is 37.6 Å². The van der Waals surface area contributed by atoms with Crippen LogP contribution in [0.3, 0.4) is 0 Å². The maximum atomic E-state index is 11.9. The van der Waals surface area contributed by atoms with Gasteiger partial charge in [0.25, 0.3) is 0 Å². The minimum atomic E-state index is -0.0533. The van der Waals surface area contributed by atoms with E-state index in [-0.39, 0.29) is 12.5 Å². The maximum Gasteiger partial charge on any atom is 0.239 e. The van der Waals surface area contributed by atoms with Gasteiger partial charge in [-0.3, -0.25) is 4.79 Å². The number of nitrogens with one attached hydrogen (secondary N) is 2. The SMILES string of the molecule is O=C(CNc1cc(N2CCOCC2)ncn1)NCCc1ccccc1. The number of carbonyl (C=O) groups is 1. The van der Waals surface area contributed by atoms with Crippen LogP contribution in [-0.4, -0.2) is 55.3 Å². The van der Waals surface area contributed by atoms with Gasteiger partial charge in [-0.15, -0.1) is 0 Å². The molecule has 1 saturated heterocycles. The third-order valence-electron chi connectivity index (χ3n) is 4.00. The minimum absolute atomic E-state index is 0.0533. The fraction of sp³-hybridized carbons (Fsp3) is 0.389. The molecule has 2 heterocycles. The molecular weight excluding hydrogens is 318 g/mol. The van der Waals surface area contributed by atoms with Crippen molar-refractivity contribution in [2.45, 2.75) is 6.42 Å². The summed E-state index contributed by atoms with van der Waals surface area (Å²) < 4.78 is 5.35. The molecule has 3 rings (SSSR count). The first-order valence-corrected chi connectivity index (χ1v) is 8.50. The predicted octanol–water partition coefficient (Wildman–Crippen LogP) is 1.08. The zero-order valence-electron chi connectivity index (χ0n) is 14.1. The molecule has 0 bridgehead atoms. The molecule has 7 heteroatoms. The molecule has 0 saturated carbocycles. The van der Waals surface area contributed by atoms with Gasteiger partial charge in [0, 0.05) is 25.7 Å². The highest BCUT2D eigenvalue weighted by Crippen LogP contribution is 2.15. The molecule has 25 heavy (non-hydrogen) atoms. The van der Waals surface area contributed by atoms with E-state index >= 15 is 0 Å². The molecule has 1 aliphatic heterocycles. The maximum absolute atomic E-state index is 11.9. The Hall–Kier alpha value is -2.67. The third kappa shape index (κ3) is 5.42. The zero-order chi connectivity index (χ0) is 17.3. The second-order valence-corrected chi connectivity index (χ2v) is 5.80. The van der Waals surface area contributed by atoms with Crippen molar-refractivity contribution in [3.8, 4) is 0 Å². The van der Waals surface area contributed by atoms with Crippen LogP contribution in [0.15, 0.2) is 42.7 Å². The molecule has 1 aromatic carbocycles. The lowest BCUT2D eigenvalue weighted by molar-refractivity contribution is -0.119. The van der Waals surface area contributed by atoms with E-state index in [9.17, 15) is 4.79 Å². The molecule has 1 aromatic heterocycles. The lowest BCUT2D eigenvalue weighted by Gasteiger charge is -2.27. The summed E-state index contributed by atoms with van der Waals surface area (Å²) in [5.41, 5.74) is 1.21. The van der Waals surface area contributed by atoms with Crippen molar-refractivity contribution in [2.24, 2.45) is 0 Å². The van der Waals surface area contributed by atoms with Crippen molar-refractivity contribution in [2.75, 3.05) is 49.6 Å². The van der Waals surface area contributed by atoms with Crippen LogP contribution in [0.25, 0.3) is 0 Å². The van der Waals surface area contributed by atoms with Gasteiger partial charge in [0.1, 0.15) is 18.0 Å². The Labute approximate surface area is 147 Å². The lowest BCUT2D eigenvalue weighted by atomic mass is 10.1. The number of benzene rings is 1. The Morgan fingerprint density at radius 1 is 1.16 bits per heavy atom. The highest BCUT2D eigenvalue weighted by Gasteiger charge is 2.13. The topological polar surface area (TPSA) is 79.4 Å². The fourth-order valence-electron chi connectivity index (χ4n) is 2.63. The van der Waals surface area contributed by atoms with Crippen LogP contribution in [0.4, 0.5) is 11.6 Å². The third-order valence-corrected chi connectivity index (χ3v) is 4.00. The van der Waals surface area contributed by atoms with E-state index in [1.165, 1.54) is 11.9 Å². The van der Waals surface area contributed by atoms with Gasteiger partial charge < -0.3 is 20.3 Å². The summed E-state index contributed by atoms with van der Waals surface area (Å²) in [6.45, 7) is 3.85. The van der Waals surface area contributed by atoms with Gasteiger partial charge in [0.2, 0.25) is 5.91 Å². The number of nitrogens with zero attached hydrogens (tertiary/aromatic N) is 3. The summed E-state index contributed by atoms with van der Waals surface area (Å²) in [4.78, 5) is 22.6. The Morgan fingerprint density at radius 3 is 2.76 bits per heavy atom. The first kappa shape index (κ1) is 17.2. The molecule has 7 nitrogen and oxygen atoms in total. The van der Waals surface area contributed by atoms with Crippen LogP contribution in [0.1, 0.15) is 5.56 Å². The van der Waals surface area contributed by atoms with Gasteiger partial charge in [-0.25, -0.2) is 9.97 Å². The highest BCUT2D eigenvalue weighted by molar-refractivity contribution is 5.80. The Morgan fingerprint density at radius 2 is 1.96 bits per heavy atom. The number of aromatic nitrogens is 2. The monoisotopic (exact) mass is 341 g/mol. The van der Waals surface area contributed by atoms with Crippen molar-refractivity contribution >= 4 is 17.5 Å². The first-order chi connectivity index (χ1) is 12.3. The molecule has 0 atom stereocenters. The fourth-order valence-corrected chi connectivity index (χ4v) is 2.63. The summed E-state index contributed by atoms with van der Waals surface area (Å²) in [6, 6.07) is 12.0. The summed E-state index contributed by atoms with van der Waals surface area (Å²) in [6.07, 6.45) is 2.34. The molecule has 1 amide bonds. The van der Waals surface area contributed by atoms with Crippen molar-refractivity contribution in [1.29, 1.82) is 0 Å². The van der Waals surface area contributed by atoms with E-state index in [4.69, 9.17) is 4.74 Å². The number of ether oxygens (including phenoxy) is 1. The predicted molar refractivity (Wildman–Crippen MR) is 96.7 cm³/mol. The highest BCUT2D eigenvalue weighted by atomic mass is 16.5. The van der Waals surface area contributed by atoms with Crippen LogP contribution in [0.5, 0.6) is 0 Å². The smallest absolute Gasteiger partial charge is 0.239 e. The van der Waals surface area contributed by atoms with E-state index in [0.29, 0.717) is 25.6 Å². The van der Waals surface area contributed by atoms with Gasteiger partial charge in [-0.1, -0.05) is 30.3 Å². The second-order valence-electron chi connectivity index (χ2n) is 5.80. The quantitative estimate of drug-likeness (QED) is 0.785. The number of anilines is 2. The van der Waals surface area contributed by atoms with Gasteiger partial charge >= 0.3 is 0 Å². The van der Waals surface area contributed by atoms with E-state index in [1.54, 1.807) is 0 Å². The standard InChI is InChI=1S/C18H23N5O2/c24-18(19-7-6-15-4-2-1-3-5-15)13-20-16-12-17(22-14-21-16)23-8-10-25-11-9-23/h1-5,12,14H,6-11,13H2,(H,19,24)(H,20,21,22). The van der Waals surface area contributed by atoms with Gasteiger partial charge in [0.05, 0.1) is 19.8 Å². The Balaban J connectivity index is 1.42. The number of morpholine rings is 1. The van der Waals surface area contributed by atoms with Crippen molar-refractivity contribution in [1.82, 2.24) is 15.3 Å². The van der Waals surface area contributed by atoms with Crippen LogP contribution in [0.2, 0.25) is 0 Å². The molecule has 0 unspecified atom stereocenters. The molecule has 2 N–H and O–H groups in total.